The summed E-state index contributed by atoms with van der Waals surface area (Å²) >= 11 is 0. The number of nitrogens with zero attached hydrogens (tertiary/aromatic N) is 3. The number of para-hydroxylation sites is 2. The maximum atomic E-state index is 12.7. The number of nitro benzene ring substituents is 1. The zero-order chi connectivity index (χ0) is 19.6. The Morgan fingerprint density at radius 2 is 1.81 bits per heavy atom. The van der Waals surface area contributed by atoms with E-state index in [4.69, 9.17) is 0 Å². The lowest BCUT2D eigenvalue weighted by molar-refractivity contribution is -0.384. The van der Waals surface area contributed by atoms with E-state index in [1.807, 2.05) is 0 Å². The van der Waals surface area contributed by atoms with Crippen LogP contribution in [-0.2, 0) is 6.18 Å². The van der Waals surface area contributed by atoms with Crippen LogP contribution < -0.4 is 10.9 Å². The van der Waals surface area contributed by atoms with Crippen LogP contribution in [0.15, 0.2) is 48.7 Å². The van der Waals surface area contributed by atoms with Crippen LogP contribution in [0.4, 0.5) is 24.5 Å². The van der Waals surface area contributed by atoms with E-state index in [0.29, 0.717) is 23.2 Å². The van der Waals surface area contributed by atoms with Crippen LogP contribution in [0.1, 0.15) is 16.1 Å². The van der Waals surface area contributed by atoms with Crippen LogP contribution in [0, 0.1) is 10.1 Å². The zero-order valence-electron chi connectivity index (χ0n) is 13.3. The van der Waals surface area contributed by atoms with Crippen molar-refractivity contribution in [3.05, 3.63) is 70.0 Å². The topological polar surface area (TPSA) is 110 Å². The molecule has 0 aliphatic carbocycles. The van der Waals surface area contributed by atoms with Gasteiger partial charge in [-0.3, -0.25) is 30.7 Å². The Kier molecular flexibility index (Phi) is 4.59. The molecule has 0 aliphatic rings. The third kappa shape index (κ3) is 3.92. The van der Waals surface area contributed by atoms with Gasteiger partial charge in [-0.1, -0.05) is 12.1 Å². The number of nitro groups is 1. The second-order valence-corrected chi connectivity index (χ2v) is 5.31. The number of nitrogens with one attached hydrogen (secondary N) is 2. The van der Waals surface area contributed by atoms with Crippen LogP contribution in [0.25, 0.3) is 11.0 Å². The monoisotopic (exact) mass is 377 g/mol. The molecule has 1 aromatic heterocycles. The van der Waals surface area contributed by atoms with Crippen molar-refractivity contribution in [2.24, 2.45) is 0 Å². The molecule has 0 atom stereocenters. The number of benzene rings is 2. The van der Waals surface area contributed by atoms with Crippen molar-refractivity contribution in [3.63, 3.8) is 0 Å². The number of rotatable bonds is 4. The van der Waals surface area contributed by atoms with E-state index >= 15 is 0 Å². The number of alkyl halides is 3. The Hall–Kier alpha value is -3.76. The van der Waals surface area contributed by atoms with Gasteiger partial charge in [0, 0.05) is 6.07 Å². The first-order chi connectivity index (χ1) is 12.8. The summed E-state index contributed by atoms with van der Waals surface area (Å²) in [5, 5.41) is 11.0. The number of halogens is 3. The third-order valence-electron chi connectivity index (χ3n) is 3.51. The normalized spacial score (nSPS) is 11.2. The number of anilines is 1. The van der Waals surface area contributed by atoms with Crippen molar-refractivity contribution < 1.29 is 22.9 Å². The molecular weight excluding hydrogens is 367 g/mol. The Balaban J connectivity index is 1.80. The van der Waals surface area contributed by atoms with Crippen molar-refractivity contribution >= 4 is 28.3 Å². The van der Waals surface area contributed by atoms with Gasteiger partial charge in [0.05, 0.1) is 27.7 Å². The van der Waals surface area contributed by atoms with Gasteiger partial charge in [0.1, 0.15) is 11.4 Å². The van der Waals surface area contributed by atoms with E-state index in [1.54, 1.807) is 24.3 Å². The molecule has 1 amide bonds. The minimum Gasteiger partial charge on any atom is -0.292 e. The molecule has 0 unspecified atom stereocenters. The molecule has 0 saturated carbocycles. The molecule has 1 heterocycles. The van der Waals surface area contributed by atoms with Crippen LogP contribution in [0.3, 0.4) is 0 Å². The summed E-state index contributed by atoms with van der Waals surface area (Å²) in [4.78, 5) is 30.3. The van der Waals surface area contributed by atoms with Crippen molar-refractivity contribution in [1.82, 2.24) is 15.4 Å². The minimum atomic E-state index is -4.73. The fraction of sp³-hybridized carbons (Fsp3) is 0.0625. The molecule has 2 aromatic carbocycles. The van der Waals surface area contributed by atoms with E-state index in [1.165, 1.54) is 6.20 Å². The number of fused-ring (bicyclic) bond motifs is 1. The van der Waals surface area contributed by atoms with E-state index < -0.39 is 28.3 Å². The van der Waals surface area contributed by atoms with E-state index in [0.717, 1.165) is 6.07 Å². The molecular formula is C16H10F3N5O3. The number of hydrogen-bond donors (Lipinski definition) is 2. The first kappa shape index (κ1) is 18.0. The molecule has 0 fully saturated rings. The number of aromatic nitrogens is 2. The number of carbonyl (C=O) groups is 1. The third-order valence-corrected chi connectivity index (χ3v) is 3.51. The quantitative estimate of drug-likeness (QED) is 0.533. The minimum absolute atomic E-state index is 0.0734. The van der Waals surface area contributed by atoms with Crippen LogP contribution in [0.2, 0.25) is 0 Å². The summed E-state index contributed by atoms with van der Waals surface area (Å²) in [7, 11) is 0. The Morgan fingerprint density at radius 1 is 1.11 bits per heavy atom. The van der Waals surface area contributed by atoms with Crippen LogP contribution in [-0.4, -0.2) is 20.8 Å². The van der Waals surface area contributed by atoms with Crippen molar-refractivity contribution in [2.45, 2.75) is 6.18 Å². The molecule has 0 spiro atoms. The molecule has 0 saturated heterocycles. The van der Waals surface area contributed by atoms with E-state index in [-0.39, 0.29) is 11.4 Å². The van der Waals surface area contributed by atoms with Crippen molar-refractivity contribution in [1.29, 1.82) is 0 Å². The summed E-state index contributed by atoms with van der Waals surface area (Å²) in [6.45, 7) is 0. The lowest BCUT2D eigenvalue weighted by Crippen LogP contribution is -2.30. The number of hydrazine groups is 1. The summed E-state index contributed by atoms with van der Waals surface area (Å²) in [5.41, 5.74) is 3.04. The average Bonchev–Trinajstić information content (AvgIpc) is 2.64. The van der Waals surface area contributed by atoms with E-state index in [9.17, 15) is 28.1 Å². The van der Waals surface area contributed by atoms with Crippen molar-refractivity contribution in [2.75, 3.05) is 5.43 Å². The highest BCUT2D eigenvalue weighted by molar-refractivity contribution is 5.94. The predicted octanol–water partition coefficient (Wildman–Crippen LogP) is 3.31. The SMILES string of the molecule is O=C(NNc1ccc(C(F)(F)F)cc1[N+](=O)[O-])c1cnc2ccccc2n1. The maximum Gasteiger partial charge on any atom is 0.416 e. The number of hydrogen-bond acceptors (Lipinski definition) is 6. The molecule has 0 radical (unpaired) electrons. The molecule has 8 nitrogen and oxygen atoms in total. The van der Waals surface area contributed by atoms with Gasteiger partial charge in [-0.25, -0.2) is 4.98 Å². The fourth-order valence-electron chi connectivity index (χ4n) is 2.22. The molecule has 2 N–H and O–H groups in total. The fourth-order valence-corrected chi connectivity index (χ4v) is 2.22. The van der Waals surface area contributed by atoms with Gasteiger partial charge in [0.2, 0.25) is 0 Å². The second-order valence-electron chi connectivity index (χ2n) is 5.31. The average molecular weight is 377 g/mol. The van der Waals surface area contributed by atoms with Gasteiger partial charge in [-0.15, -0.1) is 0 Å². The molecule has 3 rings (SSSR count). The Labute approximate surface area is 149 Å². The van der Waals surface area contributed by atoms with Gasteiger partial charge in [-0.05, 0) is 24.3 Å². The van der Waals surface area contributed by atoms with Crippen LogP contribution in [0.5, 0.6) is 0 Å². The zero-order valence-corrected chi connectivity index (χ0v) is 13.3. The smallest absolute Gasteiger partial charge is 0.292 e. The molecule has 27 heavy (non-hydrogen) atoms. The highest BCUT2D eigenvalue weighted by atomic mass is 19.4. The first-order valence-corrected chi connectivity index (χ1v) is 7.39. The van der Waals surface area contributed by atoms with Gasteiger partial charge in [-0.2, -0.15) is 13.2 Å². The Bertz CT molecular complexity index is 1040. The number of carbonyl (C=O) groups excluding carboxylic acids is 1. The standard InChI is InChI=1S/C16H10F3N5O3/c17-16(18,19)9-5-6-12(14(7-9)24(26)27)22-23-15(25)13-8-20-10-3-1-2-4-11(10)21-13/h1-8,22H,(H,23,25). The lowest BCUT2D eigenvalue weighted by Gasteiger charge is -2.11. The Morgan fingerprint density at radius 3 is 2.48 bits per heavy atom. The van der Waals surface area contributed by atoms with Gasteiger partial charge in [0.15, 0.2) is 0 Å². The molecule has 3 aromatic rings. The maximum absolute atomic E-state index is 12.7. The largest absolute Gasteiger partial charge is 0.416 e. The molecule has 0 aliphatic heterocycles. The second kappa shape index (κ2) is 6.86. The van der Waals surface area contributed by atoms with Crippen LogP contribution >= 0.6 is 0 Å². The highest BCUT2D eigenvalue weighted by Crippen LogP contribution is 2.34. The highest BCUT2D eigenvalue weighted by Gasteiger charge is 2.33. The van der Waals surface area contributed by atoms with Crippen molar-refractivity contribution in [3.8, 4) is 0 Å². The summed E-state index contributed by atoms with van der Waals surface area (Å²) in [6, 6.07) is 8.71. The summed E-state index contributed by atoms with van der Waals surface area (Å²) in [5.74, 6) is -0.762. The molecule has 11 heteroatoms. The van der Waals surface area contributed by atoms with E-state index in [2.05, 4.69) is 20.8 Å². The van der Waals surface area contributed by atoms with Gasteiger partial charge in [0.25, 0.3) is 11.6 Å². The van der Waals surface area contributed by atoms with Gasteiger partial charge >= 0.3 is 6.18 Å². The first-order valence-electron chi connectivity index (χ1n) is 7.39. The molecule has 0 bridgehead atoms. The predicted molar refractivity (Wildman–Crippen MR) is 88.7 cm³/mol. The number of amides is 1. The van der Waals surface area contributed by atoms with Gasteiger partial charge < -0.3 is 0 Å². The summed E-state index contributed by atoms with van der Waals surface area (Å²) < 4.78 is 38.1. The summed E-state index contributed by atoms with van der Waals surface area (Å²) in [6.07, 6.45) is -3.52. The lowest BCUT2D eigenvalue weighted by atomic mass is 10.1. The molecule has 138 valence electrons.